The molecule has 1 fully saturated rings. The number of hydrogen-bond acceptors (Lipinski definition) is 6. The number of nitrogens with zero attached hydrogens (tertiary/aromatic N) is 4. The van der Waals surface area contributed by atoms with Crippen molar-refractivity contribution >= 4 is 11.9 Å². The number of carbonyl (C=O) groups is 1. The minimum atomic E-state index is -0.168. The van der Waals surface area contributed by atoms with Crippen LogP contribution in [0.1, 0.15) is 50.1 Å². The number of fused-ring (bicyclic) bond motifs is 1. The predicted molar refractivity (Wildman–Crippen MR) is 90.6 cm³/mol. The van der Waals surface area contributed by atoms with Gasteiger partial charge in [-0.15, -0.1) is 0 Å². The summed E-state index contributed by atoms with van der Waals surface area (Å²) in [7, 11) is 0. The summed E-state index contributed by atoms with van der Waals surface area (Å²) < 4.78 is 7.68. The summed E-state index contributed by atoms with van der Waals surface area (Å²) in [6, 6.07) is 7.87. The van der Waals surface area contributed by atoms with Gasteiger partial charge in [0.2, 0.25) is 11.9 Å². The van der Waals surface area contributed by atoms with E-state index >= 15 is 0 Å². The first kappa shape index (κ1) is 15.9. The number of nitrogens with one attached hydrogen (secondary N) is 1. The Labute approximate surface area is 145 Å². The van der Waals surface area contributed by atoms with Gasteiger partial charge in [0, 0.05) is 12.0 Å². The van der Waals surface area contributed by atoms with Gasteiger partial charge in [0.1, 0.15) is 17.9 Å². The smallest absolute Gasteiger partial charge is 0.242 e. The zero-order valence-electron chi connectivity index (χ0n) is 14.0. The van der Waals surface area contributed by atoms with E-state index in [2.05, 4.69) is 20.8 Å². The van der Waals surface area contributed by atoms with Gasteiger partial charge in [-0.3, -0.25) is 4.79 Å². The second-order valence-electron chi connectivity index (χ2n) is 6.90. The number of hydrogen-bond donors (Lipinski definition) is 2. The van der Waals surface area contributed by atoms with Gasteiger partial charge >= 0.3 is 0 Å². The van der Waals surface area contributed by atoms with E-state index in [0.29, 0.717) is 0 Å². The molecule has 0 saturated heterocycles. The summed E-state index contributed by atoms with van der Waals surface area (Å²) >= 11 is 0. The molecule has 1 atom stereocenters. The number of benzene rings is 1. The fourth-order valence-electron chi connectivity index (χ4n) is 3.95. The van der Waals surface area contributed by atoms with E-state index in [9.17, 15) is 4.79 Å². The third kappa shape index (κ3) is 3.16. The monoisotopic (exact) mass is 342 g/mol. The second-order valence-corrected chi connectivity index (χ2v) is 6.90. The van der Waals surface area contributed by atoms with E-state index in [4.69, 9.17) is 10.5 Å². The van der Waals surface area contributed by atoms with Crippen molar-refractivity contribution in [2.45, 2.75) is 56.7 Å². The molecule has 2 heterocycles. The molecule has 1 saturated carbocycles. The third-order valence-electron chi connectivity index (χ3n) is 5.15. The fraction of sp³-hybridized carbons (Fsp3) is 0.529. The molecule has 0 unspecified atom stereocenters. The minimum Gasteiger partial charge on any atom is -0.487 e. The van der Waals surface area contributed by atoms with Crippen molar-refractivity contribution in [2.24, 2.45) is 0 Å². The van der Waals surface area contributed by atoms with Crippen molar-refractivity contribution in [3.05, 3.63) is 29.8 Å². The highest BCUT2D eigenvalue weighted by molar-refractivity contribution is 5.76. The van der Waals surface area contributed by atoms with E-state index < -0.39 is 0 Å². The Morgan fingerprint density at radius 2 is 2.12 bits per heavy atom. The van der Waals surface area contributed by atoms with Crippen LogP contribution in [0.2, 0.25) is 0 Å². The van der Waals surface area contributed by atoms with Crippen molar-refractivity contribution in [1.29, 1.82) is 0 Å². The molecule has 132 valence electrons. The van der Waals surface area contributed by atoms with Gasteiger partial charge in [0.25, 0.3) is 0 Å². The number of amides is 1. The average molecular weight is 342 g/mol. The van der Waals surface area contributed by atoms with Gasteiger partial charge in [-0.1, -0.05) is 29.7 Å². The van der Waals surface area contributed by atoms with Crippen molar-refractivity contribution in [2.75, 3.05) is 5.73 Å². The highest BCUT2D eigenvalue weighted by atomic mass is 16.5. The Bertz CT molecular complexity index is 768. The van der Waals surface area contributed by atoms with Crippen molar-refractivity contribution in [3.8, 4) is 5.75 Å². The molecule has 8 heteroatoms. The van der Waals surface area contributed by atoms with Crippen LogP contribution in [0, 0.1) is 0 Å². The standard InChI is InChI=1S/C17H22N6O2/c18-16-20-21-22-23(16)11-15(24)19-13-10-17(8-4-1-5-9-17)25-14-7-3-2-6-12(13)14/h2-3,6-7,13H,1,4-5,8-11H2,(H,19,24)(H2,18,20,22)/t13-/m1/s1. The molecule has 1 aromatic heterocycles. The summed E-state index contributed by atoms with van der Waals surface area (Å²) in [5.41, 5.74) is 6.49. The van der Waals surface area contributed by atoms with Crippen LogP contribution in [0.3, 0.4) is 0 Å². The maximum atomic E-state index is 12.5. The second kappa shape index (κ2) is 6.34. The van der Waals surface area contributed by atoms with Crippen LogP contribution in [0.5, 0.6) is 5.75 Å². The number of aromatic nitrogens is 4. The van der Waals surface area contributed by atoms with Crippen molar-refractivity contribution in [3.63, 3.8) is 0 Å². The molecule has 1 spiro atoms. The molecular formula is C17H22N6O2. The lowest BCUT2D eigenvalue weighted by molar-refractivity contribution is -0.123. The van der Waals surface area contributed by atoms with Gasteiger partial charge in [-0.2, -0.15) is 0 Å². The van der Waals surface area contributed by atoms with E-state index in [1.165, 1.54) is 23.9 Å². The number of rotatable bonds is 3. The number of nitrogen functional groups attached to an aromatic ring is 1. The molecule has 1 aliphatic heterocycles. The first-order valence-corrected chi connectivity index (χ1v) is 8.74. The topological polar surface area (TPSA) is 108 Å². The number of anilines is 1. The van der Waals surface area contributed by atoms with Gasteiger partial charge in [-0.05, 0) is 42.2 Å². The Morgan fingerprint density at radius 3 is 2.88 bits per heavy atom. The van der Waals surface area contributed by atoms with Crippen LogP contribution in [-0.2, 0) is 11.3 Å². The molecule has 0 radical (unpaired) electrons. The van der Waals surface area contributed by atoms with Gasteiger partial charge < -0.3 is 15.8 Å². The minimum absolute atomic E-state index is 0.00531. The molecule has 2 aromatic rings. The normalized spacial score (nSPS) is 21.4. The largest absolute Gasteiger partial charge is 0.487 e. The Morgan fingerprint density at radius 1 is 1.32 bits per heavy atom. The van der Waals surface area contributed by atoms with Gasteiger partial charge in [-0.25, -0.2) is 4.68 Å². The SMILES string of the molecule is Nc1nnnn1CC(=O)N[C@@H]1CC2(CCCCC2)Oc2ccccc21. The van der Waals surface area contributed by atoms with Gasteiger partial charge in [0.15, 0.2) is 0 Å². The zero-order chi connectivity index (χ0) is 17.3. The van der Waals surface area contributed by atoms with Crippen LogP contribution in [0.4, 0.5) is 5.95 Å². The number of ether oxygens (including phenoxy) is 1. The van der Waals surface area contributed by atoms with Gasteiger partial charge in [0.05, 0.1) is 6.04 Å². The first-order valence-electron chi connectivity index (χ1n) is 8.74. The van der Waals surface area contributed by atoms with Crippen LogP contribution in [-0.4, -0.2) is 31.7 Å². The molecule has 3 N–H and O–H groups in total. The molecule has 1 amide bonds. The Balaban J connectivity index is 1.54. The molecular weight excluding hydrogens is 320 g/mol. The Hall–Kier alpha value is -2.64. The lowest BCUT2D eigenvalue weighted by Gasteiger charge is -2.44. The Kier molecular flexibility index (Phi) is 4.03. The number of nitrogens with two attached hydrogens (primary N) is 1. The van der Waals surface area contributed by atoms with Crippen LogP contribution in [0.25, 0.3) is 0 Å². The summed E-state index contributed by atoms with van der Waals surface area (Å²) in [6.07, 6.45) is 6.46. The summed E-state index contributed by atoms with van der Waals surface area (Å²) in [6.45, 7) is 0.00531. The number of tetrazole rings is 1. The average Bonchev–Trinajstić information content (AvgIpc) is 3.00. The van der Waals surface area contributed by atoms with Crippen LogP contribution < -0.4 is 15.8 Å². The molecule has 1 aromatic carbocycles. The van der Waals surface area contributed by atoms with E-state index in [1.54, 1.807) is 0 Å². The maximum absolute atomic E-state index is 12.5. The van der Waals surface area contributed by atoms with Crippen LogP contribution in [0.15, 0.2) is 24.3 Å². The zero-order valence-corrected chi connectivity index (χ0v) is 14.0. The molecule has 4 rings (SSSR count). The summed E-state index contributed by atoms with van der Waals surface area (Å²) in [5.74, 6) is 0.848. The first-order chi connectivity index (χ1) is 12.2. The number of para-hydroxylation sites is 1. The third-order valence-corrected chi connectivity index (χ3v) is 5.15. The maximum Gasteiger partial charge on any atom is 0.242 e. The van der Waals surface area contributed by atoms with E-state index in [1.807, 2.05) is 24.3 Å². The summed E-state index contributed by atoms with van der Waals surface area (Å²) in [4.78, 5) is 12.5. The number of carbonyl (C=O) groups excluding carboxylic acids is 1. The molecule has 8 nitrogen and oxygen atoms in total. The lowest BCUT2D eigenvalue weighted by Crippen LogP contribution is -2.47. The van der Waals surface area contributed by atoms with Crippen molar-refractivity contribution < 1.29 is 9.53 Å². The van der Waals surface area contributed by atoms with Crippen LogP contribution >= 0.6 is 0 Å². The molecule has 2 aliphatic rings. The quantitative estimate of drug-likeness (QED) is 0.877. The molecule has 1 aliphatic carbocycles. The predicted octanol–water partition coefficient (Wildman–Crippen LogP) is 1.60. The van der Waals surface area contributed by atoms with E-state index in [0.717, 1.165) is 30.6 Å². The van der Waals surface area contributed by atoms with E-state index in [-0.39, 0.29) is 30.0 Å². The molecule has 0 bridgehead atoms. The highest BCUT2D eigenvalue weighted by Gasteiger charge is 2.42. The van der Waals surface area contributed by atoms with Crippen molar-refractivity contribution in [1.82, 2.24) is 25.5 Å². The lowest BCUT2D eigenvalue weighted by atomic mass is 9.77. The molecule has 25 heavy (non-hydrogen) atoms. The highest BCUT2D eigenvalue weighted by Crippen LogP contribution is 2.45. The fourth-order valence-corrected chi connectivity index (χ4v) is 3.95. The summed E-state index contributed by atoms with van der Waals surface area (Å²) in [5, 5.41) is 13.9.